The van der Waals surface area contributed by atoms with Crippen LogP contribution in [0.4, 0.5) is 0 Å². The second kappa shape index (κ2) is 8.02. The zero-order valence-corrected chi connectivity index (χ0v) is 15.5. The molecule has 1 aromatic heterocycles. The average molecular weight is 346 g/mol. The summed E-state index contributed by atoms with van der Waals surface area (Å²) in [5.74, 6) is 0.546. The van der Waals surface area contributed by atoms with Crippen molar-refractivity contribution in [3.05, 3.63) is 17.5 Å². The number of hydrogen-bond donors (Lipinski definition) is 0. The number of carbonyl (C=O) groups is 2. The van der Waals surface area contributed by atoms with Gasteiger partial charge in [0.05, 0.1) is 5.69 Å². The minimum absolute atomic E-state index is 0.0297. The Hall–Kier alpha value is -1.85. The quantitative estimate of drug-likeness (QED) is 0.840. The Labute approximate surface area is 150 Å². The summed E-state index contributed by atoms with van der Waals surface area (Å²) in [6, 6.07) is 1.91. The minimum atomic E-state index is 0.0297. The lowest BCUT2D eigenvalue weighted by molar-refractivity contribution is -0.138. The van der Waals surface area contributed by atoms with Gasteiger partial charge < -0.3 is 9.80 Å². The number of amides is 2. The smallest absolute Gasteiger partial charge is 0.272 e. The zero-order valence-electron chi connectivity index (χ0n) is 15.5. The molecule has 2 fully saturated rings. The molecule has 0 spiro atoms. The maximum Gasteiger partial charge on any atom is 0.272 e. The van der Waals surface area contributed by atoms with Gasteiger partial charge in [-0.05, 0) is 25.3 Å². The van der Waals surface area contributed by atoms with Crippen molar-refractivity contribution in [3.8, 4) is 0 Å². The third-order valence-corrected chi connectivity index (χ3v) is 5.49. The Balaban J connectivity index is 1.56. The van der Waals surface area contributed by atoms with Crippen molar-refractivity contribution in [1.82, 2.24) is 19.6 Å². The maximum absolute atomic E-state index is 12.8. The molecule has 2 amide bonds. The highest BCUT2D eigenvalue weighted by Crippen LogP contribution is 2.26. The van der Waals surface area contributed by atoms with Crippen LogP contribution in [-0.4, -0.2) is 57.6 Å². The van der Waals surface area contributed by atoms with Gasteiger partial charge >= 0.3 is 0 Å². The van der Waals surface area contributed by atoms with E-state index in [2.05, 4.69) is 12.0 Å². The summed E-state index contributed by atoms with van der Waals surface area (Å²) < 4.78 is 1.69. The van der Waals surface area contributed by atoms with Gasteiger partial charge in [0.1, 0.15) is 5.69 Å². The summed E-state index contributed by atoms with van der Waals surface area (Å²) in [5.41, 5.74) is 1.62. The van der Waals surface area contributed by atoms with Gasteiger partial charge in [0, 0.05) is 39.1 Å². The summed E-state index contributed by atoms with van der Waals surface area (Å²) in [7, 11) is 1.83. The third kappa shape index (κ3) is 4.05. The minimum Gasteiger partial charge on any atom is -0.339 e. The molecule has 1 aliphatic heterocycles. The standard InChI is InChI=1S/C19H30N4O2/c1-3-7-16-14-17(21(2)20-16)19(25)23-12-10-22(11-13-23)18(24)15-8-5-4-6-9-15/h14-15H,3-13H2,1-2H3. The van der Waals surface area contributed by atoms with Crippen molar-refractivity contribution in [1.29, 1.82) is 0 Å². The Bertz CT molecular complexity index is 611. The van der Waals surface area contributed by atoms with Crippen LogP contribution >= 0.6 is 0 Å². The lowest BCUT2D eigenvalue weighted by atomic mass is 9.88. The van der Waals surface area contributed by atoms with Gasteiger partial charge in [0.2, 0.25) is 5.91 Å². The van der Waals surface area contributed by atoms with Gasteiger partial charge in [-0.15, -0.1) is 0 Å². The van der Waals surface area contributed by atoms with E-state index in [1.807, 2.05) is 22.9 Å². The zero-order chi connectivity index (χ0) is 17.8. The van der Waals surface area contributed by atoms with Crippen LogP contribution in [0.1, 0.15) is 61.6 Å². The van der Waals surface area contributed by atoms with Crippen molar-refractivity contribution >= 4 is 11.8 Å². The predicted octanol–water partition coefficient (Wildman–Crippen LogP) is 2.24. The van der Waals surface area contributed by atoms with E-state index in [0.717, 1.165) is 31.4 Å². The van der Waals surface area contributed by atoms with E-state index in [0.29, 0.717) is 37.8 Å². The average Bonchev–Trinajstić information content (AvgIpc) is 3.02. The summed E-state index contributed by atoms with van der Waals surface area (Å²) in [6.45, 7) is 4.65. The van der Waals surface area contributed by atoms with Crippen LogP contribution in [0.5, 0.6) is 0 Å². The SMILES string of the molecule is CCCc1cc(C(=O)N2CCN(C(=O)C3CCCCC3)CC2)n(C)n1. The topological polar surface area (TPSA) is 58.4 Å². The van der Waals surface area contributed by atoms with Gasteiger partial charge in [-0.2, -0.15) is 5.10 Å². The Morgan fingerprint density at radius 2 is 1.72 bits per heavy atom. The second-order valence-electron chi connectivity index (χ2n) is 7.35. The first-order valence-corrected chi connectivity index (χ1v) is 9.71. The van der Waals surface area contributed by atoms with Crippen molar-refractivity contribution in [3.63, 3.8) is 0 Å². The fraction of sp³-hybridized carbons (Fsp3) is 0.737. The molecule has 25 heavy (non-hydrogen) atoms. The van der Waals surface area contributed by atoms with Crippen molar-refractivity contribution in [2.24, 2.45) is 13.0 Å². The molecular formula is C19H30N4O2. The second-order valence-corrected chi connectivity index (χ2v) is 7.35. The van der Waals surface area contributed by atoms with Crippen LogP contribution in [0.25, 0.3) is 0 Å². The maximum atomic E-state index is 12.8. The van der Waals surface area contributed by atoms with E-state index in [4.69, 9.17) is 0 Å². The Morgan fingerprint density at radius 1 is 1.08 bits per heavy atom. The number of hydrogen-bond acceptors (Lipinski definition) is 3. The van der Waals surface area contributed by atoms with Crippen LogP contribution in [0.3, 0.4) is 0 Å². The number of aromatic nitrogens is 2. The van der Waals surface area contributed by atoms with E-state index in [9.17, 15) is 9.59 Å². The van der Waals surface area contributed by atoms with E-state index in [-0.39, 0.29) is 11.8 Å². The molecule has 2 heterocycles. The van der Waals surface area contributed by atoms with Gasteiger partial charge in [-0.1, -0.05) is 32.6 Å². The molecule has 138 valence electrons. The molecular weight excluding hydrogens is 316 g/mol. The third-order valence-electron chi connectivity index (χ3n) is 5.49. The van der Waals surface area contributed by atoms with Gasteiger partial charge in [-0.25, -0.2) is 0 Å². The summed E-state index contributed by atoms with van der Waals surface area (Å²) in [6.07, 6.45) is 7.60. The molecule has 1 saturated carbocycles. The van der Waals surface area contributed by atoms with Crippen LogP contribution in [0.2, 0.25) is 0 Å². The Morgan fingerprint density at radius 3 is 2.36 bits per heavy atom. The first kappa shape index (κ1) is 18.0. The molecule has 0 atom stereocenters. The molecule has 0 unspecified atom stereocenters. The molecule has 0 bridgehead atoms. The molecule has 0 N–H and O–H groups in total. The molecule has 1 aromatic rings. The van der Waals surface area contributed by atoms with E-state index in [1.54, 1.807) is 4.68 Å². The number of nitrogens with zero attached hydrogens (tertiary/aromatic N) is 4. The van der Waals surface area contributed by atoms with Crippen LogP contribution < -0.4 is 0 Å². The van der Waals surface area contributed by atoms with Gasteiger partial charge in [0.25, 0.3) is 5.91 Å². The fourth-order valence-corrected chi connectivity index (χ4v) is 4.00. The van der Waals surface area contributed by atoms with Crippen molar-refractivity contribution in [2.45, 2.75) is 51.9 Å². The van der Waals surface area contributed by atoms with Crippen molar-refractivity contribution < 1.29 is 9.59 Å². The number of rotatable bonds is 4. The van der Waals surface area contributed by atoms with Gasteiger partial charge in [-0.3, -0.25) is 14.3 Å². The van der Waals surface area contributed by atoms with Crippen LogP contribution in [0, 0.1) is 5.92 Å². The number of piperazine rings is 1. The predicted molar refractivity (Wildman–Crippen MR) is 96.3 cm³/mol. The molecule has 0 radical (unpaired) electrons. The lowest BCUT2D eigenvalue weighted by Crippen LogP contribution is -2.52. The lowest BCUT2D eigenvalue weighted by Gasteiger charge is -2.37. The molecule has 2 aliphatic rings. The number of aryl methyl sites for hydroxylation is 2. The molecule has 6 heteroatoms. The first-order chi connectivity index (χ1) is 12.1. The monoisotopic (exact) mass is 346 g/mol. The highest BCUT2D eigenvalue weighted by atomic mass is 16.2. The summed E-state index contributed by atoms with van der Waals surface area (Å²) >= 11 is 0. The van der Waals surface area contributed by atoms with E-state index in [1.165, 1.54) is 19.3 Å². The van der Waals surface area contributed by atoms with E-state index >= 15 is 0 Å². The highest BCUT2D eigenvalue weighted by molar-refractivity contribution is 5.93. The van der Waals surface area contributed by atoms with Gasteiger partial charge in [0.15, 0.2) is 0 Å². The molecule has 1 saturated heterocycles. The van der Waals surface area contributed by atoms with Crippen LogP contribution in [0.15, 0.2) is 6.07 Å². The fourth-order valence-electron chi connectivity index (χ4n) is 4.00. The molecule has 6 nitrogen and oxygen atoms in total. The summed E-state index contributed by atoms with van der Waals surface area (Å²) in [4.78, 5) is 29.2. The normalized spacial score (nSPS) is 19.3. The van der Waals surface area contributed by atoms with Crippen LogP contribution in [-0.2, 0) is 18.3 Å². The molecule has 0 aromatic carbocycles. The molecule has 1 aliphatic carbocycles. The molecule has 3 rings (SSSR count). The van der Waals surface area contributed by atoms with E-state index < -0.39 is 0 Å². The number of carbonyl (C=O) groups excluding carboxylic acids is 2. The summed E-state index contributed by atoms with van der Waals surface area (Å²) in [5, 5.41) is 4.43. The Kier molecular flexibility index (Phi) is 5.76. The highest BCUT2D eigenvalue weighted by Gasteiger charge is 2.30. The first-order valence-electron chi connectivity index (χ1n) is 9.71. The van der Waals surface area contributed by atoms with Crippen molar-refractivity contribution in [2.75, 3.05) is 26.2 Å². The largest absolute Gasteiger partial charge is 0.339 e.